The van der Waals surface area contributed by atoms with Gasteiger partial charge in [0.05, 0.1) is 7.11 Å². The van der Waals surface area contributed by atoms with Gasteiger partial charge in [-0.25, -0.2) is 0 Å². The smallest absolute Gasteiger partial charge is 0.119 e. The van der Waals surface area contributed by atoms with Crippen molar-refractivity contribution in [1.29, 1.82) is 0 Å². The zero-order chi connectivity index (χ0) is 14.5. The summed E-state index contributed by atoms with van der Waals surface area (Å²) in [6, 6.07) is 15.2. The van der Waals surface area contributed by atoms with Crippen LogP contribution in [0.15, 0.2) is 42.5 Å². The van der Waals surface area contributed by atoms with Crippen LogP contribution in [0.5, 0.6) is 5.75 Å². The zero-order valence-corrected chi connectivity index (χ0v) is 12.7. The molecule has 0 bridgehead atoms. The number of rotatable bonds is 5. The Morgan fingerprint density at radius 3 is 2.55 bits per heavy atom. The first-order chi connectivity index (χ1) is 9.60. The molecule has 0 saturated carbocycles. The maximum absolute atomic E-state index is 5.25. The SMILES string of the molecule is COc1cccc(CNC(C)c2ccc(C)c(C)c2)c1. The van der Waals surface area contributed by atoms with E-state index in [1.165, 1.54) is 22.3 Å². The van der Waals surface area contributed by atoms with Gasteiger partial charge in [-0.2, -0.15) is 0 Å². The van der Waals surface area contributed by atoms with Gasteiger partial charge in [-0.3, -0.25) is 0 Å². The maximum atomic E-state index is 5.25. The second-order valence-electron chi connectivity index (χ2n) is 5.30. The summed E-state index contributed by atoms with van der Waals surface area (Å²) in [6.45, 7) is 7.34. The Kier molecular flexibility index (Phi) is 4.80. The van der Waals surface area contributed by atoms with Crippen LogP contribution in [0, 0.1) is 13.8 Å². The summed E-state index contributed by atoms with van der Waals surface area (Å²) in [4.78, 5) is 0. The van der Waals surface area contributed by atoms with Crippen molar-refractivity contribution in [3.8, 4) is 5.75 Å². The highest BCUT2D eigenvalue weighted by Gasteiger charge is 2.06. The highest BCUT2D eigenvalue weighted by molar-refractivity contribution is 5.32. The lowest BCUT2D eigenvalue weighted by Crippen LogP contribution is -2.18. The van der Waals surface area contributed by atoms with E-state index in [0.29, 0.717) is 6.04 Å². The van der Waals surface area contributed by atoms with Gasteiger partial charge in [0.25, 0.3) is 0 Å². The lowest BCUT2D eigenvalue weighted by atomic mass is 10.0. The van der Waals surface area contributed by atoms with Crippen LogP contribution >= 0.6 is 0 Å². The van der Waals surface area contributed by atoms with Crippen LogP contribution < -0.4 is 10.1 Å². The Hall–Kier alpha value is -1.80. The number of hydrogen-bond donors (Lipinski definition) is 1. The number of hydrogen-bond acceptors (Lipinski definition) is 2. The maximum Gasteiger partial charge on any atom is 0.119 e. The summed E-state index contributed by atoms with van der Waals surface area (Å²) in [5.41, 5.74) is 5.25. The van der Waals surface area contributed by atoms with Crippen LogP contribution in [0.1, 0.15) is 35.2 Å². The molecular formula is C18H23NO. The molecule has 0 amide bonds. The van der Waals surface area contributed by atoms with E-state index in [-0.39, 0.29) is 0 Å². The molecule has 0 aromatic heterocycles. The van der Waals surface area contributed by atoms with Crippen molar-refractivity contribution in [2.75, 3.05) is 7.11 Å². The summed E-state index contributed by atoms with van der Waals surface area (Å²) in [6.07, 6.45) is 0. The first-order valence-corrected chi connectivity index (χ1v) is 7.03. The Morgan fingerprint density at radius 2 is 1.85 bits per heavy atom. The highest BCUT2D eigenvalue weighted by atomic mass is 16.5. The summed E-state index contributed by atoms with van der Waals surface area (Å²) in [5.74, 6) is 0.906. The first kappa shape index (κ1) is 14.6. The van der Waals surface area contributed by atoms with E-state index in [9.17, 15) is 0 Å². The van der Waals surface area contributed by atoms with Gasteiger partial charge in [-0.05, 0) is 55.2 Å². The van der Waals surface area contributed by atoms with E-state index in [2.05, 4.69) is 56.4 Å². The Bertz CT molecular complexity index is 577. The normalized spacial score (nSPS) is 12.2. The topological polar surface area (TPSA) is 21.3 Å². The summed E-state index contributed by atoms with van der Waals surface area (Å²) in [5, 5.41) is 3.56. The molecule has 0 saturated heterocycles. The van der Waals surface area contributed by atoms with Crippen molar-refractivity contribution < 1.29 is 4.74 Å². The second kappa shape index (κ2) is 6.58. The number of methoxy groups -OCH3 is 1. The van der Waals surface area contributed by atoms with Crippen LogP contribution in [0.3, 0.4) is 0 Å². The molecule has 0 aliphatic heterocycles. The van der Waals surface area contributed by atoms with Crippen molar-refractivity contribution >= 4 is 0 Å². The van der Waals surface area contributed by atoms with Gasteiger partial charge in [0.1, 0.15) is 5.75 Å². The lowest BCUT2D eigenvalue weighted by Gasteiger charge is -2.16. The first-order valence-electron chi connectivity index (χ1n) is 7.03. The molecule has 2 aromatic carbocycles. The molecule has 0 aliphatic carbocycles. The fraction of sp³-hybridized carbons (Fsp3) is 0.333. The fourth-order valence-electron chi connectivity index (χ4n) is 2.21. The third kappa shape index (κ3) is 3.61. The standard InChI is InChI=1S/C18H23NO/c1-13-8-9-17(10-14(13)2)15(3)19-12-16-6-5-7-18(11-16)20-4/h5-11,15,19H,12H2,1-4H3. The molecule has 2 aromatic rings. The molecule has 2 rings (SSSR count). The summed E-state index contributed by atoms with van der Waals surface area (Å²) in [7, 11) is 1.70. The average Bonchev–Trinajstić information content (AvgIpc) is 2.47. The summed E-state index contributed by atoms with van der Waals surface area (Å²) >= 11 is 0. The average molecular weight is 269 g/mol. The molecule has 1 atom stereocenters. The van der Waals surface area contributed by atoms with Crippen molar-refractivity contribution in [1.82, 2.24) is 5.32 Å². The van der Waals surface area contributed by atoms with Crippen molar-refractivity contribution in [3.63, 3.8) is 0 Å². The van der Waals surface area contributed by atoms with Crippen molar-refractivity contribution in [2.45, 2.75) is 33.4 Å². The Labute approximate surface area is 121 Å². The largest absolute Gasteiger partial charge is 0.497 e. The van der Waals surface area contributed by atoms with Gasteiger partial charge in [0.2, 0.25) is 0 Å². The molecule has 0 aliphatic rings. The highest BCUT2D eigenvalue weighted by Crippen LogP contribution is 2.18. The van der Waals surface area contributed by atoms with Gasteiger partial charge in [0.15, 0.2) is 0 Å². The number of ether oxygens (including phenoxy) is 1. The molecule has 1 unspecified atom stereocenters. The lowest BCUT2D eigenvalue weighted by molar-refractivity contribution is 0.414. The quantitative estimate of drug-likeness (QED) is 0.880. The van der Waals surface area contributed by atoms with Gasteiger partial charge < -0.3 is 10.1 Å². The third-order valence-corrected chi connectivity index (χ3v) is 3.78. The van der Waals surface area contributed by atoms with Crippen LogP contribution in [-0.4, -0.2) is 7.11 Å². The van der Waals surface area contributed by atoms with Crippen LogP contribution in [0.25, 0.3) is 0 Å². The molecule has 1 N–H and O–H groups in total. The van der Waals surface area contributed by atoms with E-state index in [0.717, 1.165) is 12.3 Å². The minimum Gasteiger partial charge on any atom is -0.497 e. The van der Waals surface area contributed by atoms with Gasteiger partial charge in [-0.15, -0.1) is 0 Å². The number of nitrogens with one attached hydrogen (secondary N) is 1. The molecule has 0 spiro atoms. The van der Waals surface area contributed by atoms with Gasteiger partial charge in [0, 0.05) is 12.6 Å². The molecule has 0 fully saturated rings. The zero-order valence-electron chi connectivity index (χ0n) is 12.7. The number of benzene rings is 2. The summed E-state index contributed by atoms with van der Waals surface area (Å²) < 4.78 is 5.25. The monoisotopic (exact) mass is 269 g/mol. The molecular weight excluding hydrogens is 246 g/mol. The third-order valence-electron chi connectivity index (χ3n) is 3.78. The van der Waals surface area contributed by atoms with Crippen LogP contribution in [-0.2, 0) is 6.54 Å². The minimum absolute atomic E-state index is 0.334. The van der Waals surface area contributed by atoms with Gasteiger partial charge >= 0.3 is 0 Å². The van der Waals surface area contributed by atoms with Crippen LogP contribution in [0.2, 0.25) is 0 Å². The van der Waals surface area contributed by atoms with E-state index >= 15 is 0 Å². The molecule has 2 heteroatoms. The van der Waals surface area contributed by atoms with Gasteiger partial charge in [-0.1, -0.05) is 30.3 Å². The van der Waals surface area contributed by atoms with E-state index < -0.39 is 0 Å². The van der Waals surface area contributed by atoms with E-state index in [4.69, 9.17) is 4.74 Å². The molecule has 2 nitrogen and oxygen atoms in total. The molecule has 106 valence electrons. The van der Waals surface area contributed by atoms with Crippen LogP contribution in [0.4, 0.5) is 0 Å². The second-order valence-corrected chi connectivity index (χ2v) is 5.30. The van der Waals surface area contributed by atoms with Crippen molar-refractivity contribution in [2.24, 2.45) is 0 Å². The molecule has 0 heterocycles. The predicted octanol–water partition coefficient (Wildman–Crippen LogP) is 4.16. The van der Waals surface area contributed by atoms with E-state index in [1.807, 2.05) is 12.1 Å². The van der Waals surface area contributed by atoms with E-state index in [1.54, 1.807) is 7.11 Å². The minimum atomic E-state index is 0.334. The Balaban J connectivity index is 2.00. The fourth-order valence-corrected chi connectivity index (χ4v) is 2.21. The number of aryl methyl sites for hydroxylation is 2. The Morgan fingerprint density at radius 1 is 1.05 bits per heavy atom. The molecule has 0 radical (unpaired) electrons. The van der Waals surface area contributed by atoms with Crippen molar-refractivity contribution in [3.05, 3.63) is 64.7 Å². The predicted molar refractivity (Wildman–Crippen MR) is 84.2 cm³/mol. The molecule has 20 heavy (non-hydrogen) atoms.